The van der Waals surface area contributed by atoms with Gasteiger partial charge in [-0.3, -0.25) is 13.9 Å². The molecule has 0 radical (unpaired) electrons. The molecule has 3 aromatic carbocycles. The molecule has 0 bridgehead atoms. The van der Waals surface area contributed by atoms with Gasteiger partial charge >= 0.3 is 6.18 Å². The van der Waals surface area contributed by atoms with E-state index < -0.39 is 57.4 Å². The summed E-state index contributed by atoms with van der Waals surface area (Å²) >= 11 is 19.0. The minimum Gasteiger partial charge on any atom is -0.350 e. The van der Waals surface area contributed by atoms with Crippen molar-refractivity contribution in [1.29, 1.82) is 0 Å². The summed E-state index contributed by atoms with van der Waals surface area (Å²) < 4.78 is 67.0. The van der Waals surface area contributed by atoms with Crippen LogP contribution in [0.2, 0.25) is 15.1 Å². The van der Waals surface area contributed by atoms with Gasteiger partial charge in [-0.2, -0.15) is 13.2 Å². The lowest BCUT2D eigenvalue weighted by atomic mass is 10.0. The van der Waals surface area contributed by atoms with Crippen LogP contribution in [0.25, 0.3) is 0 Å². The zero-order valence-electron chi connectivity index (χ0n) is 24.3. The normalized spacial score (nSPS) is 12.9. The first-order chi connectivity index (χ1) is 20.3. The molecule has 7 nitrogen and oxygen atoms in total. The van der Waals surface area contributed by atoms with Gasteiger partial charge in [0.05, 0.1) is 22.5 Å². The van der Waals surface area contributed by atoms with Gasteiger partial charge in [0.2, 0.25) is 21.8 Å². The number of hydrogen-bond acceptors (Lipinski definition) is 4. The van der Waals surface area contributed by atoms with Gasteiger partial charge in [0.25, 0.3) is 0 Å². The average Bonchev–Trinajstić information content (AvgIpc) is 2.89. The summed E-state index contributed by atoms with van der Waals surface area (Å²) in [5, 5.41) is 2.90. The number of carbonyl (C=O) groups is 2. The maximum absolute atomic E-state index is 14.2. The van der Waals surface area contributed by atoms with Gasteiger partial charge in [-0.15, -0.1) is 0 Å². The smallest absolute Gasteiger partial charge is 0.350 e. The van der Waals surface area contributed by atoms with Crippen LogP contribution in [0.1, 0.15) is 37.5 Å². The highest BCUT2D eigenvalue weighted by Gasteiger charge is 2.37. The molecule has 2 amide bonds. The Bertz CT molecular complexity index is 1590. The minimum atomic E-state index is -4.81. The Hall–Kier alpha value is -2.99. The number of benzene rings is 3. The molecule has 44 heavy (non-hydrogen) atoms. The van der Waals surface area contributed by atoms with Gasteiger partial charge in [0, 0.05) is 34.1 Å². The van der Waals surface area contributed by atoms with Gasteiger partial charge < -0.3 is 10.2 Å². The molecule has 3 rings (SSSR count). The summed E-state index contributed by atoms with van der Waals surface area (Å²) in [4.78, 5) is 29.1. The molecule has 0 aromatic heterocycles. The van der Waals surface area contributed by atoms with Gasteiger partial charge in [-0.05, 0) is 56.7 Å². The summed E-state index contributed by atoms with van der Waals surface area (Å²) in [6.07, 6.45) is -4.06. The fraction of sp³-hybridized carbons (Fsp3) is 0.333. The number of alkyl halides is 3. The zero-order valence-corrected chi connectivity index (χ0v) is 27.3. The van der Waals surface area contributed by atoms with Crippen molar-refractivity contribution >= 4 is 62.3 Å². The van der Waals surface area contributed by atoms with Crippen LogP contribution in [0.4, 0.5) is 18.9 Å². The molecule has 0 saturated heterocycles. The van der Waals surface area contributed by atoms with Crippen molar-refractivity contribution < 1.29 is 31.2 Å². The number of rotatable bonds is 10. The van der Waals surface area contributed by atoms with E-state index in [9.17, 15) is 31.2 Å². The number of anilines is 1. The first-order valence-electron chi connectivity index (χ1n) is 13.2. The summed E-state index contributed by atoms with van der Waals surface area (Å²) in [6.45, 7) is 3.96. The van der Waals surface area contributed by atoms with Crippen molar-refractivity contribution in [3.05, 3.63) is 98.5 Å². The Labute approximate surface area is 269 Å². The molecule has 0 fully saturated rings. The second-order valence-corrected chi connectivity index (χ2v) is 14.2. The van der Waals surface area contributed by atoms with E-state index in [1.165, 1.54) is 12.1 Å². The molecule has 0 heterocycles. The van der Waals surface area contributed by atoms with E-state index in [0.717, 1.165) is 17.2 Å². The third-order valence-electron chi connectivity index (χ3n) is 6.38. The fourth-order valence-electron chi connectivity index (χ4n) is 4.34. The average molecular weight is 693 g/mol. The molecule has 1 N–H and O–H groups in total. The topological polar surface area (TPSA) is 86.8 Å². The summed E-state index contributed by atoms with van der Waals surface area (Å²) in [5.74, 6) is -1.47. The molecule has 0 aliphatic rings. The molecule has 3 aromatic rings. The Morgan fingerprint density at radius 1 is 0.886 bits per heavy atom. The highest BCUT2D eigenvalue weighted by molar-refractivity contribution is 7.92. The number of carbonyl (C=O) groups excluding carboxylic acids is 2. The minimum absolute atomic E-state index is 0.0136. The highest BCUT2D eigenvalue weighted by atomic mass is 35.5. The molecule has 0 unspecified atom stereocenters. The van der Waals surface area contributed by atoms with Crippen molar-refractivity contribution in [3.63, 3.8) is 0 Å². The van der Waals surface area contributed by atoms with Crippen LogP contribution in [-0.4, -0.2) is 49.5 Å². The number of nitrogens with zero attached hydrogens (tertiary/aromatic N) is 2. The number of amides is 2. The molecule has 0 aliphatic carbocycles. The van der Waals surface area contributed by atoms with Gasteiger partial charge in [0.15, 0.2) is 0 Å². The van der Waals surface area contributed by atoms with E-state index in [1.807, 2.05) is 0 Å². The third kappa shape index (κ3) is 9.50. The molecule has 0 saturated carbocycles. The molecule has 238 valence electrons. The van der Waals surface area contributed by atoms with Crippen molar-refractivity contribution in [2.45, 2.75) is 51.5 Å². The Kier molecular flexibility index (Phi) is 11.3. The molecular weight excluding hydrogens is 662 g/mol. The summed E-state index contributed by atoms with van der Waals surface area (Å²) in [6, 6.07) is 14.4. The Morgan fingerprint density at radius 3 is 2.00 bits per heavy atom. The van der Waals surface area contributed by atoms with Crippen molar-refractivity contribution in [2.24, 2.45) is 0 Å². The van der Waals surface area contributed by atoms with E-state index in [1.54, 1.807) is 57.2 Å². The number of hydrogen-bond donors (Lipinski definition) is 1. The van der Waals surface area contributed by atoms with E-state index in [4.69, 9.17) is 34.8 Å². The first kappa shape index (κ1) is 35.5. The second kappa shape index (κ2) is 14.0. The maximum Gasteiger partial charge on any atom is 0.416 e. The summed E-state index contributed by atoms with van der Waals surface area (Å²) in [5.41, 5.74) is -1.46. The zero-order chi connectivity index (χ0) is 33.0. The summed E-state index contributed by atoms with van der Waals surface area (Å²) in [7, 11) is -4.37. The fourth-order valence-corrected chi connectivity index (χ4v) is 5.98. The van der Waals surface area contributed by atoms with Crippen molar-refractivity contribution in [1.82, 2.24) is 10.2 Å². The number of sulfonamides is 1. The number of nitrogens with one attached hydrogen (secondary N) is 1. The van der Waals surface area contributed by atoms with Crippen molar-refractivity contribution in [2.75, 3.05) is 17.1 Å². The third-order valence-corrected chi connectivity index (χ3v) is 8.54. The van der Waals surface area contributed by atoms with E-state index >= 15 is 0 Å². The van der Waals surface area contributed by atoms with Gasteiger partial charge in [0.1, 0.15) is 12.6 Å². The van der Waals surface area contributed by atoms with Crippen LogP contribution < -0.4 is 9.62 Å². The lowest BCUT2D eigenvalue weighted by Gasteiger charge is -2.35. The molecule has 0 spiro atoms. The Balaban J connectivity index is 2.18. The second-order valence-electron chi connectivity index (χ2n) is 11.1. The predicted molar refractivity (Wildman–Crippen MR) is 167 cm³/mol. The van der Waals surface area contributed by atoms with E-state index in [-0.39, 0.29) is 33.6 Å². The van der Waals surface area contributed by atoms with E-state index in [0.29, 0.717) is 22.0 Å². The SMILES string of the molecule is CC(C)(C)NC(=O)[C@@H](Cc1ccccc1)N(Cc1c(Cl)cccc1Cl)C(=O)CN(c1cc(C(F)(F)F)ccc1Cl)S(C)(=O)=O. The standard InChI is InChI=1S/C30H31Cl3F3N3O4S/c1-29(2,3)37-28(41)26(15-19-9-6-5-7-10-19)38(17-21-22(31)11-8-12-23(21)32)27(40)18-39(44(4,42)43)25-16-20(30(34,35)36)13-14-24(25)33/h5-14,16,26H,15,17-18H2,1-4H3,(H,37,41)/t26-/m1/s1. The van der Waals surface area contributed by atoms with Crippen LogP contribution in [0, 0.1) is 0 Å². The molecule has 0 aliphatic heterocycles. The lowest BCUT2D eigenvalue weighted by Crippen LogP contribution is -2.56. The Morgan fingerprint density at radius 2 is 1.48 bits per heavy atom. The molecule has 1 atom stereocenters. The largest absolute Gasteiger partial charge is 0.416 e. The van der Waals surface area contributed by atoms with Gasteiger partial charge in [-0.1, -0.05) is 71.2 Å². The molecule has 14 heteroatoms. The van der Waals surface area contributed by atoms with Crippen LogP contribution >= 0.6 is 34.8 Å². The van der Waals surface area contributed by atoms with Crippen molar-refractivity contribution in [3.8, 4) is 0 Å². The van der Waals surface area contributed by atoms with Crippen LogP contribution in [0.15, 0.2) is 66.7 Å². The monoisotopic (exact) mass is 691 g/mol. The van der Waals surface area contributed by atoms with Crippen LogP contribution in [0.5, 0.6) is 0 Å². The van der Waals surface area contributed by atoms with Crippen LogP contribution in [-0.2, 0) is 38.8 Å². The predicted octanol–water partition coefficient (Wildman–Crippen LogP) is 6.99. The van der Waals surface area contributed by atoms with E-state index in [2.05, 4.69) is 5.32 Å². The first-order valence-corrected chi connectivity index (χ1v) is 16.2. The maximum atomic E-state index is 14.2. The molecular formula is C30H31Cl3F3N3O4S. The van der Waals surface area contributed by atoms with Gasteiger partial charge in [-0.25, -0.2) is 8.42 Å². The van der Waals surface area contributed by atoms with Crippen LogP contribution in [0.3, 0.4) is 0 Å². The lowest BCUT2D eigenvalue weighted by molar-refractivity contribution is -0.140. The quantitative estimate of drug-likeness (QED) is 0.248. The number of halogens is 6. The highest BCUT2D eigenvalue weighted by Crippen LogP contribution is 2.36.